The van der Waals surface area contributed by atoms with Crippen molar-refractivity contribution in [1.29, 1.82) is 5.26 Å². The van der Waals surface area contributed by atoms with Crippen molar-refractivity contribution in [2.24, 2.45) is 0 Å². The number of ketones is 1. The van der Waals surface area contributed by atoms with Crippen LogP contribution in [0.3, 0.4) is 0 Å². The van der Waals surface area contributed by atoms with Gasteiger partial charge in [0.2, 0.25) is 5.91 Å². The fourth-order valence-electron chi connectivity index (χ4n) is 2.41. The van der Waals surface area contributed by atoms with Gasteiger partial charge in [0.1, 0.15) is 11.8 Å². The molecule has 0 aliphatic rings. The number of Topliss-reactive ketones (excluding diaryl/α,β-unsaturated/α-hetero) is 1. The Labute approximate surface area is 153 Å². The van der Waals surface area contributed by atoms with Crippen LogP contribution in [-0.4, -0.2) is 18.3 Å². The van der Waals surface area contributed by atoms with Crippen LogP contribution in [-0.2, 0) is 4.79 Å². The van der Waals surface area contributed by atoms with Gasteiger partial charge in [-0.1, -0.05) is 31.9 Å². The third-order valence-corrected chi connectivity index (χ3v) is 3.86. The van der Waals surface area contributed by atoms with Crippen LogP contribution in [0.1, 0.15) is 48.5 Å². The summed E-state index contributed by atoms with van der Waals surface area (Å²) in [7, 11) is 0. The van der Waals surface area contributed by atoms with Gasteiger partial charge in [-0.2, -0.15) is 5.26 Å². The highest BCUT2D eigenvalue weighted by Crippen LogP contribution is 2.17. The third kappa shape index (κ3) is 5.75. The first-order valence-electron chi connectivity index (χ1n) is 8.69. The number of nitrogens with zero attached hydrogens (tertiary/aromatic N) is 1. The number of hydrogen-bond acceptors (Lipinski definition) is 4. The minimum atomic E-state index is -0.196. The number of anilines is 1. The normalized spacial score (nSPS) is 10.0. The average Bonchev–Trinajstić information content (AvgIpc) is 2.67. The maximum atomic E-state index is 12.2. The molecule has 1 N–H and O–H groups in total. The van der Waals surface area contributed by atoms with Crippen molar-refractivity contribution in [2.75, 3.05) is 11.9 Å². The van der Waals surface area contributed by atoms with Gasteiger partial charge in [0.15, 0.2) is 12.4 Å². The number of para-hydroxylation sites is 1. The Morgan fingerprint density at radius 3 is 2.50 bits per heavy atom. The van der Waals surface area contributed by atoms with Gasteiger partial charge in [-0.3, -0.25) is 9.59 Å². The summed E-state index contributed by atoms with van der Waals surface area (Å²) in [5.41, 5.74) is 1.55. The molecule has 5 nitrogen and oxygen atoms in total. The Balaban J connectivity index is 1.88. The predicted octanol–water partition coefficient (Wildman–Crippen LogP) is 4.34. The van der Waals surface area contributed by atoms with Crippen molar-refractivity contribution < 1.29 is 14.3 Å². The number of hydrogen-bond donors (Lipinski definition) is 1. The van der Waals surface area contributed by atoms with Gasteiger partial charge in [0, 0.05) is 17.7 Å². The van der Waals surface area contributed by atoms with Crippen LogP contribution in [0.15, 0.2) is 48.5 Å². The molecule has 0 heterocycles. The molecule has 0 aliphatic carbocycles. The molecule has 134 valence electrons. The van der Waals surface area contributed by atoms with Gasteiger partial charge >= 0.3 is 0 Å². The van der Waals surface area contributed by atoms with Crippen molar-refractivity contribution in [3.8, 4) is 11.8 Å². The Morgan fingerprint density at radius 2 is 1.81 bits per heavy atom. The summed E-state index contributed by atoms with van der Waals surface area (Å²) >= 11 is 0. The summed E-state index contributed by atoms with van der Waals surface area (Å²) in [6.07, 6.45) is 3.49. The second-order valence-corrected chi connectivity index (χ2v) is 5.90. The van der Waals surface area contributed by atoms with Crippen molar-refractivity contribution >= 4 is 17.4 Å². The van der Waals surface area contributed by atoms with Gasteiger partial charge in [-0.15, -0.1) is 0 Å². The number of rotatable bonds is 9. The number of ether oxygens (including phenoxy) is 1. The third-order valence-electron chi connectivity index (χ3n) is 3.86. The smallest absolute Gasteiger partial charge is 0.224 e. The van der Waals surface area contributed by atoms with Crippen LogP contribution in [0.25, 0.3) is 0 Å². The molecule has 0 atom stereocenters. The highest BCUT2D eigenvalue weighted by Gasteiger charge is 2.09. The summed E-state index contributed by atoms with van der Waals surface area (Å²) < 4.78 is 5.45. The Kier molecular flexibility index (Phi) is 7.38. The van der Waals surface area contributed by atoms with Crippen molar-refractivity contribution in [3.63, 3.8) is 0 Å². The molecule has 2 aromatic carbocycles. The van der Waals surface area contributed by atoms with Gasteiger partial charge in [0.05, 0.1) is 5.56 Å². The minimum absolute atomic E-state index is 0.0195. The van der Waals surface area contributed by atoms with Gasteiger partial charge in [0.25, 0.3) is 0 Å². The van der Waals surface area contributed by atoms with Crippen LogP contribution in [0.4, 0.5) is 5.69 Å². The molecule has 0 unspecified atom stereocenters. The number of unbranched alkanes of at least 4 members (excludes halogenated alkanes) is 2. The van der Waals surface area contributed by atoms with E-state index in [1.807, 2.05) is 6.07 Å². The second-order valence-electron chi connectivity index (χ2n) is 5.90. The number of nitriles is 1. The van der Waals surface area contributed by atoms with E-state index in [4.69, 9.17) is 10.00 Å². The fraction of sp³-hybridized carbons (Fsp3) is 0.286. The van der Waals surface area contributed by atoms with E-state index in [0.29, 0.717) is 29.0 Å². The summed E-state index contributed by atoms with van der Waals surface area (Å²) in [6.45, 7) is 1.94. The first-order chi connectivity index (χ1) is 12.6. The minimum Gasteiger partial charge on any atom is -0.484 e. The molecule has 2 aromatic rings. The zero-order valence-electron chi connectivity index (χ0n) is 14.8. The monoisotopic (exact) mass is 350 g/mol. The number of carbonyl (C=O) groups excluding carboxylic acids is 2. The zero-order valence-corrected chi connectivity index (χ0v) is 14.8. The lowest BCUT2D eigenvalue weighted by atomic mass is 10.1. The largest absolute Gasteiger partial charge is 0.484 e. The Morgan fingerprint density at radius 1 is 1.08 bits per heavy atom. The lowest BCUT2D eigenvalue weighted by molar-refractivity contribution is -0.116. The summed E-state index contributed by atoms with van der Waals surface area (Å²) in [5, 5.41) is 11.8. The molecule has 2 rings (SSSR count). The summed E-state index contributed by atoms with van der Waals surface area (Å²) in [4.78, 5) is 24.0. The predicted molar refractivity (Wildman–Crippen MR) is 100 cm³/mol. The topological polar surface area (TPSA) is 79.2 Å². The molecule has 0 saturated carbocycles. The highest BCUT2D eigenvalue weighted by molar-refractivity contribution is 5.98. The molecule has 0 aromatic heterocycles. The average molecular weight is 350 g/mol. The molecule has 0 spiro atoms. The van der Waals surface area contributed by atoms with Crippen molar-refractivity contribution in [2.45, 2.75) is 32.6 Å². The van der Waals surface area contributed by atoms with E-state index in [-0.39, 0.29) is 18.3 Å². The molecule has 0 aliphatic heterocycles. The van der Waals surface area contributed by atoms with E-state index in [1.165, 1.54) is 0 Å². The van der Waals surface area contributed by atoms with Crippen molar-refractivity contribution in [1.82, 2.24) is 0 Å². The highest BCUT2D eigenvalue weighted by atomic mass is 16.5. The molecular weight excluding hydrogens is 328 g/mol. The van der Waals surface area contributed by atoms with E-state index < -0.39 is 0 Å². The number of nitrogens with one attached hydrogen (secondary N) is 1. The summed E-state index contributed by atoms with van der Waals surface area (Å²) in [5.74, 6) is 0.173. The lowest BCUT2D eigenvalue weighted by Gasteiger charge is -2.08. The molecule has 5 heteroatoms. The number of amides is 1. The van der Waals surface area contributed by atoms with E-state index in [2.05, 4.69) is 12.2 Å². The first-order valence-corrected chi connectivity index (χ1v) is 8.69. The maximum Gasteiger partial charge on any atom is 0.224 e. The van der Waals surface area contributed by atoms with E-state index in [9.17, 15) is 9.59 Å². The molecule has 1 amide bonds. The standard InChI is InChI=1S/C21H22N2O3/c1-2-3-4-9-21(25)23-18-12-10-16(11-13-18)19(24)15-26-20-8-6-5-7-17(20)14-22/h5-8,10-13H,2-4,9,15H2,1H3,(H,23,25). The van der Waals surface area contributed by atoms with E-state index in [0.717, 1.165) is 19.3 Å². The second kappa shape index (κ2) is 10.00. The fourth-order valence-corrected chi connectivity index (χ4v) is 2.41. The van der Waals surface area contributed by atoms with Crippen LogP contribution >= 0.6 is 0 Å². The maximum absolute atomic E-state index is 12.2. The molecule has 0 bridgehead atoms. The molecule has 26 heavy (non-hydrogen) atoms. The van der Waals surface area contributed by atoms with Crippen LogP contribution < -0.4 is 10.1 Å². The van der Waals surface area contributed by atoms with Crippen molar-refractivity contribution in [3.05, 3.63) is 59.7 Å². The Hall–Kier alpha value is -3.13. The molecule has 0 radical (unpaired) electrons. The van der Waals surface area contributed by atoms with Crippen LogP contribution in [0.2, 0.25) is 0 Å². The van der Waals surface area contributed by atoms with Crippen LogP contribution in [0.5, 0.6) is 5.75 Å². The van der Waals surface area contributed by atoms with Gasteiger partial charge in [-0.25, -0.2) is 0 Å². The Bertz CT molecular complexity index is 792. The zero-order chi connectivity index (χ0) is 18.8. The van der Waals surface area contributed by atoms with Gasteiger partial charge < -0.3 is 10.1 Å². The van der Waals surface area contributed by atoms with E-state index in [1.54, 1.807) is 48.5 Å². The quantitative estimate of drug-likeness (QED) is 0.539. The molecule has 0 fully saturated rings. The van der Waals surface area contributed by atoms with E-state index >= 15 is 0 Å². The number of carbonyl (C=O) groups is 2. The lowest BCUT2D eigenvalue weighted by Crippen LogP contribution is -2.13. The first kappa shape index (κ1) is 19.2. The molecular formula is C21H22N2O3. The van der Waals surface area contributed by atoms with Crippen LogP contribution in [0, 0.1) is 11.3 Å². The molecule has 0 saturated heterocycles. The number of benzene rings is 2. The van der Waals surface area contributed by atoms with Gasteiger partial charge in [-0.05, 0) is 42.8 Å². The SMILES string of the molecule is CCCCCC(=O)Nc1ccc(C(=O)COc2ccccc2C#N)cc1. The summed E-state index contributed by atoms with van der Waals surface area (Å²) in [6, 6.07) is 15.5.